The zero-order valence-electron chi connectivity index (χ0n) is 10.5. The molecule has 2 heteroatoms. The van der Waals surface area contributed by atoms with Crippen LogP contribution in [0.5, 0.6) is 0 Å². The van der Waals surface area contributed by atoms with Crippen molar-refractivity contribution < 1.29 is 9.53 Å². The molecule has 0 aromatic heterocycles. The minimum Gasteiger partial charge on any atom is -0.385 e. The second kappa shape index (κ2) is 13.6. The number of allylic oxidation sites excluding steroid dienone is 6. The molecule has 0 aliphatic carbocycles. The topological polar surface area (TPSA) is 26.3 Å². The van der Waals surface area contributed by atoms with Gasteiger partial charge in [0.25, 0.3) is 0 Å². The van der Waals surface area contributed by atoms with Crippen molar-refractivity contribution in [3.8, 4) is 0 Å². The van der Waals surface area contributed by atoms with E-state index in [1.165, 1.54) is 0 Å². The molecule has 16 heavy (non-hydrogen) atoms. The van der Waals surface area contributed by atoms with Gasteiger partial charge in [0.2, 0.25) is 0 Å². The summed E-state index contributed by atoms with van der Waals surface area (Å²) in [5, 5.41) is 0. The highest BCUT2D eigenvalue weighted by Gasteiger charge is 2.00. The molecular formula is C14H22O2. The van der Waals surface area contributed by atoms with E-state index in [2.05, 4.69) is 17.9 Å². The maximum absolute atomic E-state index is 11.2. The number of hydrogen-bond donors (Lipinski definition) is 0. The zero-order valence-corrected chi connectivity index (χ0v) is 10.5. The molecule has 0 spiro atoms. The molecule has 0 atom stereocenters. The summed E-state index contributed by atoms with van der Waals surface area (Å²) in [6.07, 6.45) is 8.94. The van der Waals surface area contributed by atoms with Crippen molar-refractivity contribution in [3.05, 3.63) is 49.1 Å². The van der Waals surface area contributed by atoms with Crippen molar-refractivity contribution in [2.75, 3.05) is 13.7 Å². The van der Waals surface area contributed by atoms with Crippen LogP contribution in [0, 0.1) is 0 Å². The lowest BCUT2D eigenvalue weighted by Crippen LogP contribution is -1.96. The number of carbonyl (C=O) groups is 1. The van der Waals surface area contributed by atoms with E-state index in [-0.39, 0.29) is 5.78 Å². The van der Waals surface area contributed by atoms with Gasteiger partial charge in [-0.2, -0.15) is 0 Å². The smallest absolute Gasteiger partial charge is 0.162 e. The van der Waals surface area contributed by atoms with Crippen LogP contribution in [-0.2, 0) is 9.53 Å². The highest BCUT2D eigenvalue weighted by atomic mass is 16.5. The average Bonchev–Trinajstić information content (AvgIpc) is 2.33. The molecule has 0 radical (unpaired) electrons. The molecule has 0 amide bonds. The molecule has 0 heterocycles. The lowest BCUT2D eigenvalue weighted by atomic mass is 10.1. The van der Waals surface area contributed by atoms with Crippen molar-refractivity contribution in [3.63, 3.8) is 0 Å². The van der Waals surface area contributed by atoms with Gasteiger partial charge in [-0.15, -0.1) is 0 Å². The third-order valence-corrected chi connectivity index (χ3v) is 1.64. The highest BCUT2D eigenvalue weighted by Crippen LogP contribution is 2.02. The Morgan fingerprint density at radius 2 is 1.81 bits per heavy atom. The summed E-state index contributed by atoms with van der Waals surface area (Å²) in [7, 11) is 1.68. The summed E-state index contributed by atoms with van der Waals surface area (Å²) in [6, 6.07) is 0. The average molecular weight is 222 g/mol. The first kappa shape index (κ1) is 17.0. The molecule has 0 fully saturated rings. The largest absolute Gasteiger partial charge is 0.385 e. The predicted octanol–water partition coefficient (Wildman–Crippen LogP) is 3.47. The quantitative estimate of drug-likeness (QED) is 0.508. The van der Waals surface area contributed by atoms with Crippen molar-refractivity contribution in [2.24, 2.45) is 0 Å². The lowest BCUT2D eigenvalue weighted by molar-refractivity contribution is -0.114. The van der Waals surface area contributed by atoms with Crippen LogP contribution >= 0.6 is 0 Å². The molecule has 0 saturated carbocycles. The second-order valence-electron chi connectivity index (χ2n) is 2.81. The molecule has 0 unspecified atom stereocenters. The van der Waals surface area contributed by atoms with Crippen LogP contribution in [0.4, 0.5) is 0 Å². The van der Waals surface area contributed by atoms with E-state index >= 15 is 0 Å². The van der Waals surface area contributed by atoms with E-state index in [0.29, 0.717) is 12.0 Å². The van der Waals surface area contributed by atoms with Crippen LogP contribution in [-0.4, -0.2) is 19.5 Å². The molecule has 0 aromatic rings. The van der Waals surface area contributed by atoms with E-state index in [4.69, 9.17) is 0 Å². The molecule has 0 rings (SSSR count). The number of rotatable bonds is 6. The molecule has 0 aromatic carbocycles. The Bertz CT molecular complexity index is 258. The van der Waals surface area contributed by atoms with E-state index in [1.54, 1.807) is 37.5 Å². The van der Waals surface area contributed by atoms with Gasteiger partial charge < -0.3 is 4.74 Å². The summed E-state index contributed by atoms with van der Waals surface area (Å²) in [6.45, 7) is 11.7. The van der Waals surface area contributed by atoms with Crippen LogP contribution < -0.4 is 0 Å². The molecule has 0 bridgehead atoms. The van der Waals surface area contributed by atoms with Gasteiger partial charge in [0.1, 0.15) is 0 Å². The van der Waals surface area contributed by atoms with E-state index in [0.717, 1.165) is 6.61 Å². The van der Waals surface area contributed by atoms with Crippen LogP contribution in [0.25, 0.3) is 0 Å². The van der Waals surface area contributed by atoms with Crippen molar-refractivity contribution in [2.45, 2.75) is 20.3 Å². The molecule has 0 saturated heterocycles. The van der Waals surface area contributed by atoms with Crippen molar-refractivity contribution >= 4 is 5.78 Å². The fourth-order valence-electron chi connectivity index (χ4n) is 0.744. The van der Waals surface area contributed by atoms with Gasteiger partial charge in [-0.1, -0.05) is 50.5 Å². The Morgan fingerprint density at radius 3 is 2.12 bits per heavy atom. The summed E-state index contributed by atoms with van der Waals surface area (Å²) >= 11 is 0. The van der Waals surface area contributed by atoms with Gasteiger partial charge in [-0.05, 0) is 6.92 Å². The van der Waals surface area contributed by atoms with Gasteiger partial charge in [0, 0.05) is 25.7 Å². The molecule has 0 aliphatic heterocycles. The molecule has 2 nitrogen and oxygen atoms in total. The Labute approximate surface area is 99.0 Å². The van der Waals surface area contributed by atoms with E-state index in [1.807, 2.05) is 13.8 Å². The van der Waals surface area contributed by atoms with E-state index < -0.39 is 0 Å². The maximum atomic E-state index is 11.2. The van der Waals surface area contributed by atoms with Gasteiger partial charge in [-0.3, -0.25) is 4.79 Å². The SMILES string of the molecule is C=C/C=C\C(=C/C=C)C(=O)CC.CCOC. The number of ether oxygens (including phenoxy) is 1. The Balaban J connectivity index is 0. The first-order valence-corrected chi connectivity index (χ1v) is 5.31. The van der Waals surface area contributed by atoms with Crippen LogP contribution in [0.3, 0.4) is 0 Å². The molecular weight excluding hydrogens is 200 g/mol. The maximum Gasteiger partial charge on any atom is 0.162 e. The van der Waals surface area contributed by atoms with Crippen LogP contribution in [0.2, 0.25) is 0 Å². The van der Waals surface area contributed by atoms with Gasteiger partial charge >= 0.3 is 0 Å². The number of methoxy groups -OCH3 is 1. The summed E-state index contributed by atoms with van der Waals surface area (Å²) in [5.41, 5.74) is 0.674. The first-order valence-electron chi connectivity index (χ1n) is 5.31. The van der Waals surface area contributed by atoms with Gasteiger partial charge in [0.15, 0.2) is 5.78 Å². The standard InChI is InChI=1S/C11H14O.C3H8O/c1-4-7-9-10(8-5-2)11(12)6-3;1-3-4-2/h4-5,7-9H,1-2,6H2,3H3;3H2,1-2H3/b9-7-,10-8+;. The third kappa shape index (κ3) is 10.7. The Hall–Kier alpha value is -1.41. The number of Topliss-reactive ketones (excluding diaryl/α,β-unsaturated/α-hetero) is 1. The van der Waals surface area contributed by atoms with E-state index in [9.17, 15) is 4.79 Å². The van der Waals surface area contributed by atoms with Gasteiger partial charge in [0.05, 0.1) is 0 Å². The third-order valence-electron chi connectivity index (χ3n) is 1.64. The fourth-order valence-corrected chi connectivity index (χ4v) is 0.744. The highest BCUT2D eigenvalue weighted by molar-refractivity contribution is 5.98. The monoisotopic (exact) mass is 222 g/mol. The fraction of sp³-hybridized carbons (Fsp3) is 0.357. The van der Waals surface area contributed by atoms with Crippen LogP contribution in [0.1, 0.15) is 20.3 Å². The minimum atomic E-state index is 0.119. The second-order valence-corrected chi connectivity index (χ2v) is 2.81. The summed E-state index contributed by atoms with van der Waals surface area (Å²) < 4.78 is 4.54. The summed E-state index contributed by atoms with van der Waals surface area (Å²) in [5.74, 6) is 0.119. The zero-order chi connectivity index (χ0) is 12.8. The number of ketones is 1. The molecule has 0 aliphatic rings. The predicted molar refractivity (Wildman–Crippen MR) is 70.5 cm³/mol. The van der Waals surface area contributed by atoms with Crippen LogP contribution in [0.15, 0.2) is 49.1 Å². The minimum absolute atomic E-state index is 0.119. The normalized spacial score (nSPS) is 10.6. The number of carbonyl (C=O) groups excluding carboxylic acids is 1. The van der Waals surface area contributed by atoms with Crippen molar-refractivity contribution in [1.29, 1.82) is 0 Å². The first-order chi connectivity index (χ1) is 7.67. The molecule has 0 N–H and O–H groups in total. The van der Waals surface area contributed by atoms with Crippen molar-refractivity contribution in [1.82, 2.24) is 0 Å². The number of hydrogen-bond acceptors (Lipinski definition) is 2. The Kier molecular flexibility index (Phi) is 14.4. The molecule has 90 valence electrons. The van der Waals surface area contributed by atoms with Gasteiger partial charge in [-0.25, -0.2) is 0 Å². The summed E-state index contributed by atoms with van der Waals surface area (Å²) in [4.78, 5) is 11.2. The lowest BCUT2D eigenvalue weighted by Gasteiger charge is -1.95. The Morgan fingerprint density at radius 1 is 1.25 bits per heavy atom.